The van der Waals surface area contributed by atoms with E-state index in [1.54, 1.807) is 25.4 Å². The molecular weight excluding hydrogens is 290 g/mol. The number of fused-ring (bicyclic) bond motifs is 1. The summed E-state index contributed by atoms with van der Waals surface area (Å²) < 4.78 is 34.4. The van der Waals surface area contributed by atoms with Crippen LogP contribution in [0.15, 0.2) is 23.4 Å². The monoisotopic (exact) mass is 311 g/mol. The second kappa shape index (κ2) is 6.44. The number of imidazole rings is 1. The van der Waals surface area contributed by atoms with Crippen LogP contribution in [-0.2, 0) is 16.4 Å². The summed E-state index contributed by atoms with van der Waals surface area (Å²) in [7, 11) is -2.05. The standard InChI is InChI=1S/C14H21N3O3S/c1-4-6-13-16-14(21(18,19)15-8-5-2)12-10-11(20-3)7-9-17(12)13/h7,9-10,15H,4-6,8H2,1-3H3. The first-order chi connectivity index (χ1) is 10.0. The summed E-state index contributed by atoms with van der Waals surface area (Å²) in [6.07, 6.45) is 4.14. The summed E-state index contributed by atoms with van der Waals surface area (Å²) in [5.41, 5.74) is 0.543. The van der Waals surface area contributed by atoms with Gasteiger partial charge >= 0.3 is 0 Å². The van der Waals surface area contributed by atoms with Gasteiger partial charge in [-0.15, -0.1) is 0 Å². The number of methoxy groups -OCH3 is 1. The normalized spacial score (nSPS) is 12.0. The minimum Gasteiger partial charge on any atom is -0.497 e. The zero-order valence-corrected chi connectivity index (χ0v) is 13.4. The smallest absolute Gasteiger partial charge is 0.260 e. The van der Waals surface area contributed by atoms with E-state index in [2.05, 4.69) is 9.71 Å². The van der Waals surface area contributed by atoms with Crippen molar-refractivity contribution < 1.29 is 13.2 Å². The van der Waals surface area contributed by atoms with Gasteiger partial charge in [-0.1, -0.05) is 13.8 Å². The fourth-order valence-corrected chi connectivity index (χ4v) is 3.40. The van der Waals surface area contributed by atoms with Crippen LogP contribution in [0.3, 0.4) is 0 Å². The van der Waals surface area contributed by atoms with Gasteiger partial charge in [0.2, 0.25) is 0 Å². The molecule has 1 N–H and O–H groups in total. The van der Waals surface area contributed by atoms with Crippen LogP contribution in [0.2, 0.25) is 0 Å². The molecule has 0 aliphatic carbocycles. The van der Waals surface area contributed by atoms with Crippen LogP contribution in [0.5, 0.6) is 5.75 Å². The zero-order chi connectivity index (χ0) is 15.5. The number of ether oxygens (including phenoxy) is 1. The molecule has 2 aromatic rings. The molecule has 2 rings (SSSR count). The topological polar surface area (TPSA) is 72.7 Å². The third-order valence-electron chi connectivity index (χ3n) is 3.16. The minimum atomic E-state index is -3.61. The summed E-state index contributed by atoms with van der Waals surface area (Å²) in [5.74, 6) is 1.35. The molecule has 0 spiro atoms. The van der Waals surface area contributed by atoms with Gasteiger partial charge in [-0.25, -0.2) is 18.1 Å². The van der Waals surface area contributed by atoms with Crippen molar-refractivity contribution in [3.8, 4) is 5.75 Å². The van der Waals surface area contributed by atoms with Gasteiger partial charge < -0.3 is 9.14 Å². The Kier molecular flexibility index (Phi) is 4.84. The highest BCUT2D eigenvalue weighted by Crippen LogP contribution is 2.23. The maximum absolute atomic E-state index is 12.4. The van der Waals surface area contributed by atoms with Crippen LogP contribution in [0, 0.1) is 0 Å². The van der Waals surface area contributed by atoms with Crippen molar-refractivity contribution in [2.24, 2.45) is 0 Å². The predicted octanol–water partition coefficient (Wildman–Crippen LogP) is 1.98. The van der Waals surface area contributed by atoms with E-state index >= 15 is 0 Å². The number of hydrogen-bond acceptors (Lipinski definition) is 4. The highest BCUT2D eigenvalue weighted by molar-refractivity contribution is 7.89. The average molecular weight is 311 g/mol. The van der Waals surface area contributed by atoms with Crippen molar-refractivity contribution in [1.82, 2.24) is 14.1 Å². The number of sulfonamides is 1. The Labute approximate surface area is 125 Å². The van der Waals surface area contributed by atoms with Crippen LogP contribution in [0.25, 0.3) is 5.52 Å². The molecule has 2 aromatic heterocycles. The fraction of sp³-hybridized carbons (Fsp3) is 0.500. The van der Waals surface area contributed by atoms with Crippen LogP contribution < -0.4 is 9.46 Å². The van der Waals surface area contributed by atoms with Gasteiger partial charge in [0.05, 0.1) is 12.6 Å². The molecule has 0 atom stereocenters. The molecule has 0 unspecified atom stereocenters. The summed E-state index contributed by atoms with van der Waals surface area (Å²) in [4.78, 5) is 4.34. The third kappa shape index (κ3) is 3.19. The van der Waals surface area contributed by atoms with Gasteiger partial charge in [0, 0.05) is 25.2 Å². The molecule has 7 heteroatoms. The summed E-state index contributed by atoms with van der Waals surface area (Å²) in [5, 5.41) is 0.0679. The highest BCUT2D eigenvalue weighted by Gasteiger charge is 2.23. The first kappa shape index (κ1) is 15.8. The second-order valence-electron chi connectivity index (χ2n) is 4.80. The second-order valence-corrected chi connectivity index (χ2v) is 6.49. The highest BCUT2D eigenvalue weighted by atomic mass is 32.2. The van der Waals surface area contributed by atoms with Crippen molar-refractivity contribution >= 4 is 15.5 Å². The molecule has 21 heavy (non-hydrogen) atoms. The molecule has 0 radical (unpaired) electrons. The van der Waals surface area contributed by atoms with Crippen molar-refractivity contribution in [2.45, 2.75) is 38.1 Å². The van der Waals surface area contributed by atoms with E-state index in [-0.39, 0.29) is 5.03 Å². The largest absolute Gasteiger partial charge is 0.497 e. The molecule has 0 aliphatic rings. The molecule has 116 valence electrons. The summed E-state index contributed by atoms with van der Waals surface area (Å²) in [6, 6.07) is 3.50. The van der Waals surface area contributed by atoms with Crippen molar-refractivity contribution in [3.63, 3.8) is 0 Å². The lowest BCUT2D eigenvalue weighted by molar-refractivity contribution is 0.414. The van der Waals surface area contributed by atoms with Gasteiger partial charge in [-0.2, -0.15) is 0 Å². The lowest BCUT2D eigenvalue weighted by Gasteiger charge is -2.05. The van der Waals surface area contributed by atoms with E-state index in [1.807, 2.05) is 18.2 Å². The van der Waals surface area contributed by atoms with Gasteiger partial charge in [-0.3, -0.25) is 0 Å². The van der Waals surface area contributed by atoms with Gasteiger partial charge in [0.1, 0.15) is 11.6 Å². The van der Waals surface area contributed by atoms with E-state index in [0.717, 1.165) is 25.1 Å². The Hall–Kier alpha value is -1.60. The van der Waals surface area contributed by atoms with E-state index in [0.29, 0.717) is 17.8 Å². The molecule has 0 bridgehead atoms. The van der Waals surface area contributed by atoms with E-state index < -0.39 is 10.0 Å². The van der Waals surface area contributed by atoms with Gasteiger partial charge in [-0.05, 0) is 18.9 Å². The molecule has 0 saturated heterocycles. The Morgan fingerprint density at radius 3 is 2.71 bits per heavy atom. The molecular formula is C14H21N3O3S. The number of aromatic nitrogens is 2. The SMILES string of the molecule is CCCNS(=O)(=O)c1nc(CCC)n2ccc(OC)cc12. The molecule has 0 fully saturated rings. The number of pyridine rings is 1. The zero-order valence-electron chi connectivity index (χ0n) is 12.6. The van der Waals surface area contributed by atoms with Gasteiger partial charge in [0.25, 0.3) is 10.0 Å². The third-order valence-corrected chi connectivity index (χ3v) is 4.55. The van der Waals surface area contributed by atoms with Crippen molar-refractivity contribution in [2.75, 3.05) is 13.7 Å². The molecule has 6 nitrogen and oxygen atoms in total. The first-order valence-corrected chi connectivity index (χ1v) is 8.56. The fourth-order valence-electron chi connectivity index (χ4n) is 2.13. The van der Waals surface area contributed by atoms with E-state index in [9.17, 15) is 8.42 Å². The number of nitrogens with zero attached hydrogens (tertiary/aromatic N) is 2. The lowest BCUT2D eigenvalue weighted by atomic mass is 10.3. The number of aryl methyl sites for hydroxylation is 1. The molecule has 0 aromatic carbocycles. The Morgan fingerprint density at radius 1 is 1.33 bits per heavy atom. The maximum Gasteiger partial charge on any atom is 0.260 e. The van der Waals surface area contributed by atoms with Crippen molar-refractivity contribution in [3.05, 3.63) is 24.2 Å². The predicted molar refractivity (Wildman–Crippen MR) is 81.2 cm³/mol. The maximum atomic E-state index is 12.4. The van der Waals surface area contributed by atoms with Crippen LogP contribution >= 0.6 is 0 Å². The average Bonchev–Trinajstić information content (AvgIpc) is 2.84. The van der Waals surface area contributed by atoms with Crippen LogP contribution in [0.1, 0.15) is 32.5 Å². The Balaban J connectivity index is 2.61. The molecule has 2 heterocycles. The van der Waals surface area contributed by atoms with Crippen molar-refractivity contribution in [1.29, 1.82) is 0 Å². The Morgan fingerprint density at radius 2 is 2.10 bits per heavy atom. The number of rotatable bonds is 7. The number of nitrogens with one attached hydrogen (secondary N) is 1. The van der Waals surface area contributed by atoms with E-state index in [4.69, 9.17) is 4.74 Å². The van der Waals surface area contributed by atoms with Crippen LogP contribution in [0.4, 0.5) is 0 Å². The molecule has 0 saturated carbocycles. The first-order valence-electron chi connectivity index (χ1n) is 7.08. The Bertz CT molecular complexity index is 722. The quantitative estimate of drug-likeness (QED) is 0.848. The molecule has 0 amide bonds. The minimum absolute atomic E-state index is 0.0679. The summed E-state index contributed by atoms with van der Waals surface area (Å²) >= 11 is 0. The van der Waals surface area contributed by atoms with Crippen LogP contribution in [-0.4, -0.2) is 31.5 Å². The van der Waals surface area contributed by atoms with E-state index in [1.165, 1.54) is 0 Å². The number of hydrogen-bond donors (Lipinski definition) is 1. The molecule has 0 aliphatic heterocycles. The lowest BCUT2D eigenvalue weighted by Crippen LogP contribution is -2.25. The van der Waals surface area contributed by atoms with Gasteiger partial charge in [0.15, 0.2) is 5.03 Å². The summed E-state index contributed by atoms with van der Waals surface area (Å²) in [6.45, 7) is 4.35.